The Balaban J connectivity index is 2.31. The zero-order chi connectivity index (χ0) is 9.52. The van der Waals surface area contributed by atoms with Gasteiger partial charge in [0.05, 0.1) is 6.54 Å². The summed E-state index contributed by atoms with van der Waals surface area (Å²) in [5.74, 6) is 0.708. The average Bonchev–Trinajstić information content (AvgIpc) is 2.14. The van der Waals surface area contributed by atoms with Crippen LogP contribution >= 0.6 is 0 Å². The van der Waals surface area contributed by atoms with Gasteiger partial charge in [-0.1, -0.05) is 44.2 Å². The maximum atomic E-state index is 4.36. The highest BCUT2D eigenvalue weighted by Gasteiger charge is 1.89. The molecule has 0 aromatic heterocycles. The first-order valence-electron chi connectivity index (χ1n) is 4.81. The fourth-order valence-electron chi connectivity index (χ4n) is 1.04. The highest BCUT2D eigenvalue weighted by molar-refractivity contribution is 5.57. The lowest BCUT2D eigenvalue weighted by atomic mass is 10.1. The lowest BCUT2D eigenvalue weighted by Gasteiger charge is -1.97. The largest absolute Gasteiger partial charge is 0.293 e. The molecule has 1 aromatic carbocycles. The fraction of sp³-hybridized carbons (Fsp3) is 0.417. The summed E-state index contributed by atoms with van der Waals surface area (Å²) in [5.41, 5.74) is 1.28. The van der Waals surface area contributed by atoms with E-state index in [2.05, 4.69) is 31.0 Å². The molecule has 70 valence electrons. The molecule has 1 heteroatoms. The Kier molecular flexibility index (Phi) is 4.24. The number of rotatable bonds is 4. The van der Waals surface area contributed by atoms with E-state index in [1.165, 1.54) is 5.56 Å². The van der Waals surface area contributed by atoms with Crippen molar-refractivity contribution in [2.75, 3.05) is 0 Å². The molecule has 0 heterocycles. The van der Waals surface area contributed by atoms with Gasteiger partial charge in [-0.2, -0.15) is 0 Å². The van der Waals surface area contributed by atoms with Gasteiger partial charge in [-0.25, -0.2) is 0 Å². The second kappa shape index (κ2) is 5.52. The van der Waals surface area contributed by atoms with Crippen molar-refractivity contribution in [3.63, 3.8) is 0 Å². The van der Waals surface area contributed by atoms with Gasteiger partial charge in [0.2, 0.25) is 0 Å². The van der Waals surface area contributed by atoms with Crippen LogP contribution in [0.3, 0.4) is 0 Å². The summed E-state index contributed by atoms with van der Waals surface area (Å²) in [4.78, 5) is 4.36. The summed E-state index contributed by atoms with van der Waals surface area (Å²) < 4.78 is 0. The van der Waals surface area contributed by atoms with Crippen LogP contribution in [0.15, 0.2) is 35.3 Å². The lowest BCUT2D eigenvalue weighted by Crippen LogP contribution is -1.88. The van der Waals surface area contributed by atoms with Crippen molar-refractivity contribution in [2.24, 2.45) is 10.9 Å². The second-order valence-corrected chi connectivity index (χ2v) is 3.64. The summed E-state index contributed by atoms with van der Waals surface area (Å²) >= 11 is 0. The molecule has 0 aliphatic heterocycles. The Morgan fingerprint density at radius 3 is 2.54 bits per heavy atom. The molecule has 13 heavy (non-hydrogen) atoms. The van der Waals surface area contributed by atoms with Crippen molar-refractivity contribution in [2.45, 2.75) is 26.8 Å². The fourth-order valence-corrected chi connectivity index (χ4v) is 1.04. The standard InChI is InChI=1S/C12H17N/c1-11(2)8-9-13-10-12-6-4-3-5-7-12/h3-7,9,11H,8,10H2,1-2H3/b13-9+. The molecular formula is C12H17N. The van der Waals surface area contributed by atoms with Crippen LogP contribution in [0.1, 0.15) is 25.8 Å². The summed E-state index contributed by atoms with van der Waals surface area (Å²) in [7, 11) is 0. The molecule has 0 saturated heterocycles. The molecule has 0 N–H and O–H groups in total. The van der Waals surface area contributed by atoms with Gasteiger partial charge in [0.25, 0.3) is 0 Å². The number of aliphatic imine (C=N–C) groups is 1. The van der Waals surface area contributed by atoms with Crippen LogP contribution in [-0.4, -0.2) is 6.21 Å². The first-order valence-corrected chi connectivity index (χ1v) is 4.81. The third-order valence-electron chi connectivity index (χ3n) is 1.82. The molecule has 0 fully saturated rings. The molecule has 0 unspecified atom stereocenters. The van der Waals surface area contributed by atoms with Gasteiger partial charge in [0.1, 0.15) is 0 Å². The van der Waals surface area contributed by atoms with Crippen molar-refractivity contribution in [3.05, 3.63) is 35.9 Å². The second-order valence-electron chi connectivity index (χ2n) is 3.64. The van der Waals surface area contributed by atoms with Gasteiger partial charge in [-0.15, -0.1) is 0 Å². The Morgan fingerprint density at radius 2 is 1.92 bits per heavy atom. The molecular weight excluding hydrogens is 158 g/mol. The molecule has 0 radical (unpaired) electrons. The molecule has 0 amide bonds. The Hall–Kier alpha value is -1.11. The van der Waals surface area contributed by atoms with E-state index in [1.807, 2.05) is 24.4 Å². The Morgan fingerprint density at radius 1 is 1.23 bits per heavy atom. The minimum atomic E-state index is 0.708. The van der Waals surface area contributed by atoms with E-state index in [0.717, 1.165) is 13.0 Å². The van der Waals surface area contributed by atoms with Crippen LogP contribution in [0.25, 0.3) is 0 Å². The molecule has 0 aliphatic carbocycles. The van der Waals surface area contributed by atoms with Crippen LogP contribution in [-0.2, 0) is 6.54 Å². The molecule has 1 aromatic rings. The zero-order valence-electron chi connectivity index (χ0n) is 8.40. The summed E-state index contributed by atoms with van der Waals surface area (Å²) in [6, 6.07) is 10.3. The van der Waals surface area contributed by atoms with Crippen LogP contribution in [0, 0.1) is 5.92 Å². The number of hydrogen-bond acceptors (Lipinski definition) is 1. The number of nitrogens with zero attached hydrogens (tertiary/aromatic N) is 1. The van der Waals surface area contributed by atoms with Gasteiger partial charge >= 0.3 is 0 Å². The van der Waals surface area contributed by atoms with Gasteiger partial charge in [0.15, 0.2) is 0 Å². The predicted molar refractivity (Wildman–Crippen MR) is 58.1 cm³/mol. The molecule has 0 atom stereocenters. The molecule has 0 bridgehead atoms. The Labute approximate surface area is 80.5 Å². The van der Waals surface area contributed by atoms with E-state index in [0.29, 0.717) is 5.92 Å². The van der Waals surface area contributed by atoms with Gasteiger partial charge in [0, 0.05) is 0 Å². The summed E-state index contributed by atoms with van der Waals surface area (Å²) in [5, 5.41) is 0. The van der Waals surface area contributed by atoms with Crippen molar-refractivity contribution < 1.29 is 0 Å². The van der Waals surface area contributed by atoms with Crippen molar-refractivity contribution in [1.82, 2.24) is 0 Å². The van der Waals surface area contributed by atoms with E-state index < -0.39 is 0 Å². The van der Waals surface area contributed by atoms with Crippen LogP contribution in [0.4, 0.5) is 0 Å². The summed E-state index contributed by atoms with van der Waals surface area (Å²) in [6.07, 6.45) is 3.10. The first kappa shape index (κ1) is 9.97. The molecule has 0 aliphatic rings. The minimum absolute atomic E-state index is 0.708. The Bertz CT molecular complexity index is 249. The minimum Gasteiger partial charge on any atom is -0.293 e. The van der Waals surface area contributed by atoms with Gasteiger partial charge in [-0.05, 0) is 24.1 Å². The molecule has 1 rings (SSSR count). The highest BCUT2D eigenvalue weighted by atomic mass is 14.7. The summed E-state index contributed by atoms with van der Waals surface area (Å²) in [6.45, 7) is 5.22. The smallest absolute Gasteiger partial charge is 0.0635 e. The van der Waals surface area contributed by atoms with E-state index in [1.54, 1.807) is 0 Å². The van der Waals surface area contributed by atoms with Crippen LogP contribution in [0.5, 0.6) is 0 Å². The quantitative estimate of drug-likeness (QED) is 0.622. The maximum Gasteiger partial charge on any atom is 0.0635 e. The van der Waals surface area contributed by atoms with Gasteiger partial charge < -0.3 is 0 Å². The maximum absolute atomic E-state index is 4.36. The normalized spacial score (nSPS) is 11.3. The predicted octanol–water partition coefficient (Wildman–Crippen LogP) is 3.30. The van der Waals surface area contributed by atoms with E-state index in [-0.39, 0.29) is 0 Å². The third-order valence-corrected chi connectivity index (χ3v) is 1.82. The average molecular weight is 175 g/mol. The van der Waals surface area contributed by atoms with E-state index >= 15 is 0 Å². The number of benzene rings is 1. The van der Waals surface area contributed by atoms with Crippen LogP contribution < -0.4 is 0 Å². The van der Waals surface area contributed by atoms with E-state index in [9.17, 15) is 0 Å². The van der Waals surface area contributed by atoms with Crippen LogP contribution in [0.2, 0.25) is 0 Å². The van der Waals surface area contributed by atoms with Gasteiger partial charge in [-0.3, -0.25) is 4.99 Å². The first-order chi connectivity index (χ1) is 6.29. The zero-order valence-corrected chi connectivity index (χ0v) is 8.40. The van der Waals surface area contributed by atoms with Crippen molar-refractivity contribution >= 4 is 6.21 Å². The van der Waals surface area contributed by atoms with Crippen molar-refractivity contribution in [3.8, 4) is 0 Å². The number of hydrogen-bond donors (Lipinski definition) is 0. The highest BCUT2D eigenvalue weighted by Crippen LogP contribution is 2.01. The third kappa shape index (κ3) is 4.46. The molecule has 1 nitrogen and oxygen atoms in total. The SMILES string of the molecule is CC(C)C/C=N/Cc1ccccc1. The monoisotopic (exact) mass is 175 g/mol. The van der Waals surface area contributed by atoms with E-state index in [4.69, 9.17) is 0 Å². The van der Waals surface area contributed by atoms with Crippen molar-refractivity contribution in [1.29, 1.82) is 0 Å². The lowest BCUT2D eigenvalue weighted by molar-refractivity contribution is 0.689. The molecule has 0 saturated carbocycles. The molecule has 0 spiro atoms. The topological polar surface area (TPSA) is 12.4 Å².